The number of nitrogens with two attached hydrogens (primary N) is 1. The van der Waals surface area contributed by atoms with Gasteiger partial charge in [-0.25, -0.2) is 4.79 Å². The summed E-state index contributed by atoms with van der Waals surface area (Å²) in [6.07, 6.45) is 3.21. The average molecular weight is 236 g/mol. The van der Waals surface area contributed by atoms with E-state index in [1.54, 1.807) is 18.5 Å². The molecule has 2 N–H and O–H groups in total. The first-order chi connectivity index (χ1) is 7.59. The maximum atomic E-state index is 11.7. The van der Waals surface area contributed by atoms with Gasteiger partial charge in [0, 0.05) is 17.8 Å². The van der Waals surface area contributed by atoms with E-state index in [4.69, 9.17) is 10.5 Å². The minimum absolute atomic E-state index is 0.143. The molecule has 16 heavy (non-hydrogen) atoms. The van der Waals surface area contributed by atoms with Gasteiger partial charge in [-0.05, 0) is 19.9 Å². The molecule has 0 saturated heterocycles. The highest BCUT2D eigenvalue weighted by Gasteiger charge is 2.18. The molecule has 0 fully saturated rings. The van der Waals surface area contributed by atoms with Crippen LogP contribution in [-0.2, 0) is 4.74 Å². The molecule has 0 atom stereocenters. The highest BCUT2D eigenvalue weighted by atomic mass is 32.1. The Morgan fingerprint density at radius 2 is 2.31 bits per heavy atom. The number of rotatable bonds is 2. The number of thiophene rings is 1. The third kappa shape index (κ3) is 1.86. The van der Waals surface area contributed by atoms with Crippen LogP contribution in [0, 0.1) is 0 Å². The van der Waals surface area contributed by atoms with E-state index in [-0.39, 0.29) is 12.1 Å². The Morgan fingerprint density at radius 3 is 2.94 bits per heavy atom. The molecule has 0 bridgehead atoms. The summed E-state index contributed by atoms with van der Waals surface area (Å²) in [7, 11) is 0. The minimum Gasteiger partial charge on any atom is -0.459 e. The van der Waals surface area contributed by atoms with Gasteiger partial charge in [-0.3, -0.25) is 4.98 Å². The highest BCUT2D eigenvalue weighted by Crippen LogP contribution is 2.33. The van der Waals surface area contributed by atoms with Crippen molar-refractivity contribution in [1.82, 2.24) is 4.98 Å². The summed E-state index contributed by atoms with van der Waals surface area (Å²) < 4.78 is 6.02. The summed E-state index contributed by atoms with van der Waals surface area (Å²) in [6, 6.07) is 1.80. The predicted molar refractivity (Wildman–Crippen MR) is 64.6 cm³/mol. The lowest BCUT2D eigenvalue weighted by atomic mass is 10.2. The largest absolute Gasteiger partial charge is 0.459 e. The Bertz CT molecular complexity index is 534. The lowest BCUT2D eigenvalue weighted by Gasteiger charge is -2.06. The number of ether oxygens (including phenoxy) is 1. The van der Waals surface area contributed by atoms with Crippen molar-refractivity contribution >= 4 is 33.1 Å². The third-order valence-corrected chi connectivity index (χ3v) is 3.20. The average Bonchev–Trinajstić information content (AvgIpc) is 2.56. The SMILES string of the molecule is CC(C)OC(=O)c1sc2cnccc2c1N. The molecule has 0 radical (unpaired) electrons. The van der Waals surface area contributed by atoms with Gasteiger partial charge >= 0.3 is 5.97 Å². The van der Waals surface area contributed by atoms with Crippen molar-refractivity contribution in [3.8, 4) is 0 Å². The maximum Gasteiger partial charge on any atom is 0.350 e. The van der Waals surface area contributed by atoms with E-state index in [1.165, 1.54) is 11.3 Å². The van der Waals surface area contributed by atoms with Crippen LogP contribution in [-0.4, -0.2) is 17.1 Å². The van der Waals surface area contributed by atoms with Crippen LogP contribution in [0.3, 0.4) is 0 Å². The fraction of sp³-hybridized carbons (Fsp3) is 0.273. The number of hydrogen-bond acceptors (Lipinski definition) is 5. The number of pyridine rings is 1. The van der Waals surface area contributed by atoms with E-state index < -0.39 is 0 Å². The molecule has 0 saturated carbocycles. The first kappa shape index (κ1) is 10.9. The molecule has 0 spiro atoms. The molecule has 5 heteroatoms. The number of esters is 1. The summed E-state index contributed by atoms with van der Waals surface area (Å²) in [5.74, 6) is -0.367. The summed E-state index contributed by atoms with van der Waals surface area (Å²) in [4.78, 5) is 16.2. The molecule has 2 aromatic heterocycles. The van der Waals surface area contributed by atoms with E-state index in [0.717, 1.165) is 10.1 Å². The van der Waals surface area contributed by atoms with Gasteiger partial charge in [0.1, 0.15) is 4.88 Å². The molecular weight excluding hydrogens is 224 g/mol. The van der Waals surface area contributed by atoms with Crippen LogP contribution < -0.4 is 5.73 Å². The Hall–Kier alpha value is -1.62. The molecule has 4 nitrogen and oxygen atoms in total. The lowest BCUT2D eigenvalue weighted by molar-refractivity contribution is 0.0385. The van der Waals surface area contributed by atoms with E-state index in [9.17, 15) is 4.79 Å². The van der Waals surface area contributed by atoms with Crippen LogP contribution in [0.15, 0.2) is 18.5 Å². The molecule has 2 heterocycles. The number of anilines is 1. The molecule has 0 aliphatic rings. The maximum absolute atomic E-state index is 11.7. The number of hydrogen-bond donors (Lipinski definition) is 1. The molecule has 0 unspecified atom stereocenters. The molecule has 0 aromatic carbocycles. The van der Waals surface area contributed by atoms with Crippen LogP contribution in [0.25, 0.3) is 10.1 Å². The van der Waals surface area contributed by atoms with Gasteiger partial charge in [-0.2, -0.15) is 0 Å². The molecule has 0 aliphatic carbocycles. The Balaban J connectivity index is 2.45. The first-order valence-electron chi connectivity index (χ1n) is 4.92. The van der Waals surface area contributed by atoms with Gasteiger partial charge in [0.25, 0.3) is 0 Å². The van der Waals surface area contributed by atoms with Gasteiger partial charge in [0.05, 0.1) is 16.5 Å². The fourth-order valence-electron chi connectivity index (χ4n) is 1.39. The minimum atomic E-state index is -0.367. The quantitative estimate of drug-likeness (QED) is 0.813. The van der Waals surface area contributed by atoms with Crippen LogP contribution in [0.5, 0.6) is 0 Å². The molecular formula is C11H12N2O2S. The van der Waals surface area contributed by atoms with Gasteiger partial charge < -0.3 is 10.5 Å². The highest BCUT2D eigenvalue weighted by molar-refractivity contribution is 7.21. The van der Waals surface area contributed by atoms with Crippen molar-refractivity contribution < 1.29 is 9.53 Å². The van der Waals surface area contributed by atoms with Crippen molar-refractivity contribution in [1.29, 1.82) is 0 Å². The Morgan fingerprint density at radius 1 is 1.56 bits per heavy atom. The van der Waals surface area contributed by atoms with Gasteiger partial charge in [0.2, 0.25) is 0 Å². The number of nitrogens with zero attached hydrogens (tertiary/aromatic N) is 1. The number of carbonyl (C=O) groups is 1. The van der Waals surface area contributed by atoms with Crippen molar-refractivity contribution in [2.75, 3.05) is 5.73 Å². The van der Waals surface area contributed by atoms with Crippen LogP contribution in [0.4, 0.5) is 5.69 Å². The number of fused-ring (bicyclic) bond motifs is 1. The van der Waals surface area contributed by atoms with Crippen LogP contribution >= 0.6 is 11.3 Å². The summed E-state index contributed by atoms with van der Waals surface area (Å²) in [5.41, 5.74) is 6.38. The van der Waals surface area contributed by atoms with Gasteiger partial charge in [-0.1, -0.05) is 0 Å². The van der Waals surface area contributed by atoms with Crippen LogP contribution in [0.1, 0.15) is 23.5 Å². The van der Waals surface area contributed by atoms with E-state index >= 15 is 0 Å². The van der Waals surface area contributed by atoms with Crippen molar-refractivity contribution in [2.45, 2.75) is 20.0 Å². The zero-order chi connectivity index (χ0) is 11.7. The lowest BCUT2D eigenvalue weighted by Crippen LogP contribution is -2.11. The predicted octanol–water partition coefficient (Wildman–Crippen LogP) is 2.44. The van der Waals surface area contributed by atoms with Crippen molar-refractivity contribution in [2.24, 2.45) is 0 Å². The number of carbonyl (C=O) groups excluding carboxylic acids is 1. The van der Waals surface area contributed by atoms with Crippen molar-refractivity contribution in [3.63, 3.8) is 0 Å². The summed E-state index contributed by atoms with van der Waals surface area (Å²) in [5, 5.41) is 0.857. The van der Waals surface area contributed by atoms with Gasteiger partial charge in [-0.15, -0.1) is 11.3 Å². The molecule has 2 rings (SSSR count). The van der Waals surface area contributed by atoms with E-state index in [1.807, 2.05) is 13.8 Å². The second-order valence-electron chi connectivity index (χ2n) is 3.67. The molecule has 84 valence electrons. The first-order valence-corrected chi connectivity index (χ1v) is 5.74. The molecule has 0 aliphatic heterocycles. The van der Waals surface area contributed by atoms with Crippen LogP contribution in [0.2, 0.25) is 0 Å². The molecule has 0 amide bonds. The number of nitrogen functional groups attached to an aromatic ring is 1. The second kappa shape index (κ2) is 4.09. The van der Waals surface area contributed by atoms with E-state index in [0.29, 0.717) is 10.6 Å². The smallest absolute Gasteiger partial charge is 0.350 e. The number of aromatic nitrogens is 1. The zero-order valence-electron chi connectivity index (χ0n) is 9.06. The monoisotopic (exact) mass is 236 g/mol. The zero-order valence-corrected chi connectivity index (χ0v) is 9.88. The second-order valence-corrected chi connectivity index (χ2v) is 4.72. The van der Waals surface area contributed by atoms with Crippen molar-refractivity contribution in [3.05, 3.63) is 23.3 Å². The van der Waals surface area contributed by atoms with E-state index in [2.05, 4.69) is 4.98 Å². The standard InChI is InChI=1S/C11H12N2O2S/c1-6(2)15-11(14)10-9(12)7-3-4-13-5-8(7)16-10/h3-6H,12H2,1-2H3. The third-order valence-electron chi connectivity index (χ3n) is 2.06. The summed E-state index contributed by atoms with van der Waals surface area (Å²) in [6.45, 7) is 3.62. The summed E-state index contributed by atoms with van der Waals surface area (Å²) >= 11 is 1.31. The Labute approximate surface area is 97.0 Å². The fourth-order valence-corrected chi connectivity index (χ4v) is 2.36. The normalized spacial score (nSPS) is 10.9. The Kier molecular flexibility index (Phi) is 2.78. The van der Waals surface area contributed by atoms with Gasteiger partial charge in [0.15, 0.2) is 0 Å². The topological polar surface area (TPSA) is 65.2 Å². The molecule has 2 aromatic rings.